The fraction of sp³-hybridized carbons (Fsp3) is 0.604. The lowest BCUT2D eigenvalue weighted by molar-refractivity contribution is -0.144. The van der Waals surface area contributed by atoms with Crippen molar-refractivity contribution in [2.24, 2.45) is 29.0 Å². The molecular weight excluding hydrogens is 785 g/mol. The second-order valence-electron chi connectivity index (χ2n) is 17.0. The lowest BCUT2D eigenvalue weighted by Crippen LogP contribution is -2.48. The van der Waals surface area contributed by atoms with Crippen molar-refractivity contribution in [3.05, 3.63) is 59.7 Å². The number of hydrogen-bond donors (Lipinski definition) is 5. The molecule has 0 fully saturated rings. The van der Waals surface area contributed by atoms with E-state index in [1.54, 1.807) is 32.8 Å². The number of benzene rings is 2. The van der Waals surface area contributed by atoms with Crippen LogP contribution in [0.4, 0.5) is 0 Å². The third-order valence-electron chi connectivity index (χ3n) is 11.9. The lowest BCUT2D eigenvalue weighted by atomic mass is 9.58. The molecule has 0 unspecified atom stereocenters. The molecule has 0 aliphatic rings. The number of rotatable bonds is 33. The van der Waals surface area contributed by atoms with Crippen LogP contribution in [-0.4, -0.2) is 89.9 Å². The van der Waals surface area contributed by atoms with Gasteiger partial charge in [0.2, 0.25) is 17.7 Å². The Morgan fingerprint density at radius 2 is 1.35 bits per heavy atom. The molecule has 62 heavy (non-hydrogen) atoms. The number of unbranched alkanes of at least 4 members (excludes halogenated alkanes) is 2. The van der Waals surface area contributed by atoms with Gasteiger partial charge in [-0.3, -0.25) is 33.6 Å². The fourth-order valence-corrected chi connectivity index (χ4v) is 7.56. The fourth-order valence-electron chi connectivity index (χ4n) is 7.56. The number of nitrogens with zero attached hydrogens (tertiary/aromatic N) is 1. The molecule has 0 aliphatic carbocycles. The molecule has 0 radical (unpaired) electrons. The van der Waals surface area contributed by atoms with Gasteiger partial charge in [-0.2, -0.15) is 0 Å². The number of ketones is 4. The van der Waals surface area contributed by atoms with Crippen LogP contribution in [-0.2, 0) is 35.2 Å². The Morgan fingerprint density at radius 3 is 1.92 bits per heavy atom. The van der Waals surface area contributed by atoms with Crippen molar-refractivity contribution in [2.75, 3.05) is 20.1 Å². The van der Waals surface area contributed by atoms with Gasteiger partial charge in [0.15, 0.2) is 17.3 Å². The average molecular weight is 860 g/mol. The Kier molecular flexibility index (Phi) is 25.0. The van der Waals surface area contributed by atoms with Crippen LogP contribution in [0.25, 0.3) is 11.1 Å². The Morgan fingerprint density at radius 1 is 0.726 bits per heavy atom. The van der Waals surface area contributed by atoms with Crippen LogP contribution >= 0.6 is 0 Å². The third kappa shape index (κ3) is 18.8. The van der Waals surface area contributed by atoms with Gasteiger partial charge in [-0.15, -0.1) is 0 Å². The summed E-state index contributed by atoms with van der Waals surface area (Å²) in [4.78, 5) is 94.4. The van der Waals surface area contributed by atoms with Gasteiger partial charge in [-0.05, 0) is 99.8 Å². The summed E-state index contributed by atoms with van der Waals surface area (Å²) in [7, 11) is 1.45. The van der Waals surface area contributed by atoms with Crippen molar-refractivity contribution in [3.8, 4) is 11.1 Å². The van der Waals surface area contributed by atoms with Crippen LogP contribution in [0.5, 0.6) is 0 Å². The highest BCUT2D eigenvalue weighted by Gasteiger charge is 2.35. The van der Waals surface area contributed by atoms with Gasteiger partial charge in [0.25, 0.3) is 6.92 Å². The first-order valence-corrected chi connectivity index (χ1v) is 22.8. The number of nitrogens with two attached hydrogens (primary N) is 3. The van der Waals surface area contributed by atoms with Gasteiger partial charge in [-0.25, -0.2) is 0 Å². The van der Waals surface area contributed by atoms with Crippen LogP contribution in [0.2, 0.25) is 12.6 Å². The minimum atomic E-state index is -1.10. The van der Waals surface area contributed by atoms with Crippen molar-refractivity contribution in [2.45, 2.75) is 155 Å². The predicted octanol–water partition coefficient (Wildman–Crippen LogP) is 6.02. The van der Waals surface area contributed by atoms with Gasteiger partial charge in [0.05, 0.1) is 12.1 Å². The van der Waals surface area contributed by atoms with Crippen molar-refractivity contribution < 1.29 is 38.6 Å². The highest BCUT2D eigenvalue weighted by Crippen LogP contribution is 2.25. The Hall–Kier alpha value is -4.53. The second kappa shape index (κ2) is 29.0. The van der Waals surface area contributed by atoms with Gasteiger partial charge >= 0.3 is 0 Å². The molecule has 342 valence electrons. The number of aryl methyl sites for hydroxylation is 1. The topological polar surface area (TPSA) is 233 Å². The average Bonchev–Trinajstić information content (AvgIpc) is 3.25. The summed E-state index contributed by atoms with van der Waals surface area (Å²) in [5, 5.41) is 12.8. The highest BCUT2D eigenvalue weighted by molar-refractivity contribution is 6.50. The van der Waals surface area contributed by atoms with Gasteiger partial charge < -0.3 is 32.4 Å². The summed E-state index contributed by atoms with van der Waals surface area (Å²) in [5.74, 6) is -4.48. The van der Waals surface area contributed by atoms with Crippen LogP contribution in [0, 0.1) is 11.8 Å². The molecule has 0 aliphatic heterocycles. The number of amides is 3. The first kappa shape index (κ1) is 53.6. The van der Waals surface area contributed by atoms with Crippen LogP contribution in [0.1, 0.15) is 139 Å². The molecule has 0 saturated carbocycles. The van der Waals surface area contributed by atoms with Crippen LogP contribution in [0.15, 0.2) is 48.5 Å². The maximum atomic E-state index is 14.1. The Labute approximate surface area is 370 Å². The van der Waals surface area contributed by atoms with Crippen molar-refractivity contribution in [3.63, 3.8) is 0 Å². The minimum absolute atomic E-state index is 0.0684. The van der Waals surface area contributed by atoms with Gasteiger partial charge in [0, 0.05) is 63.0 Å². The van der Waals surface area contributed by atoms with Crippen molar-refractivity contribution >= 4 is 47.8 Å². The second-order valence-corrected chi connectivity index (χ2v) is 17.0. The molecule has 0 heterocycles. The Bertz CT molecular complexity index is 1740. The van der Waals surface area contributed by atoms with E-state index in [4.69, 9.17) is 17.2 Å². The quantitative estimate of drug-likeness (QED) is 0.0318. The molecule has 2 aromatic rings. The van der Waals surface area contributed by atoms with Crippen LogP contribution < -0.4 is 22.5 Å². The maximum Gasteiger partial charge on any atom is 0.289 e. The van der Waals surface area contributed by atoms with E-state index in [-0.39, 0.29) is 81.1 Å². The first-order valence-electron chi connectivity index (χ1n) is 22.8. The third-order valence-corrected chi connectivity index (χ3v) is 11.9. The van der Waals surface area contributed by atoms with Gasteiger partial charge in [-0.1, -0.05) is 82.5 Å². The molecular formula is C48H74BN5O8. The zero-order valence-corrected chi connectivity index (χ0v) is 38.0. The first-order chi connectivity index (χ1) is 29.6. The SMILES string of the molecule is CCCCc1ccc(-c2ccc(C(=O)CCCC(=O)C[C@@H](CCCN)C(=O)N(C)[C@@H](CCC(N)=O)C(=O)C[C@@H](CC)C(=O)N[C@@H](CCCCN)C(=O)C[C@@H](C)B(C)O)cc2)cc1. The summed E-state index contributed by atoms with van der Waals surface area (Å²) in [6, 6.07) is 14.0. The standard InChI is InChI=1S/C48H74BN5O8/c1-6-8-13-34-18-20-36(21-19-34)37-22-24-38(25-23-37)43(56)17-11-15-40(55)31-39(14-12-29-51)48(61)54(5)42(26-27-46(52)59)45(58)32-35(7-2)47(60)53-41(16-9-10-28-50)44(57)30-33(3)49(4)62/h18-25,33,35,39,41-42,62H,6-17,26-32,50-51H2,1-5H3,(H2,52,59)(H,53,60)/t33-,35-,39-,41+,42+/m1/s1. The monoisotopic (exact) mass is 860 g/mol. The van der Waals surface area contributed by atoms with E-state index < -0.39 is 54.3 Å². The number of likely N-dealkylation sites (N-methyl/N-ethyl adjacent to an activating group) is 1. The van der Waals surface area contributed by atoms with E-state index in [1.165, 1.54) is 17.5 Å². The summed E-state index contributed by atoms with van der Waals surface area (Å²) in [6.45, 7) is 7.29. The van der Waals surface area contributed by atoms with Crippen molar-refractivity contribution in [1.29, 1.82) is 0 Å². The highest BCUT2D eigenvalue weighted by atomic mass is 16.2. The lowest BCUT2D eigenvalue weighted by Gasteiger charge is -2.31. The summed E-state index contributed by atoms with van der Waals surface area (Å²) in [6.07, 6.45) is 5.99. The molecule has 13 nitrogen and oxygen atoms in total. The minimum Gasteiger partial charge on any atom is -0.450 e. The van der Waals surface area contributed by atoms with E-state index >= 15 is 0 Å². The van der Waals surface area contributed by atoms with E-state index in [9.17, 15) is 38.6 Å². The zero-order chi connectivity index (χ0) is 46.2. The number of carbonyl (C=O) groups excluding carboxylic acids is 7. The number of primary amides is 1. The summed E-state index contributed by atoms with van der Waals surface area (Å²) in [5.41, 5.74) is 20.9. The number of nitrogens with one attached hydrogen (secondary N) is 1. The molecule has 2 rings (SSSR count). The van der Waals surface area contributed by atoms with Crippen LogP contribution in [0.3, 0.4) is 0 Å². The van der Waals surface area contributed by atoms with E-state index in [0.29, 0.717) is 50.6 Å². The van der Waals surface area contributed by atoms with Crippen molar-refractivity contribution in [1.82, 2.24) is 10.2 Å². The van der Waals surface area contributed by atoms with Gasteiger partial charge in [0.1, 0.15) is 5.78 Å². The molecule has 0 aromatic heterocycles. The van der Waals surface area contributed by atoms with E-state index in [0.717, 1.165) is 30.4 Å². The Balaban J connectivity index is 2.11. The molecule has 2 aromatic carbocycles. The molecule has 0 bridgehead atoms. The number of Topliss-reactive ketones (excluding diaryl/α,β-unsaturated/α-hetero) is 4. The zero-order valence-electron chi connectivity index (χ0n) is 38.0. The molecule has 0 spiro atoms. The summed E-state index contributed by atoms with van der Waals surface area (Å²) >= 11 is 0. The smallest absolute Gasteiger partial charge is 0.289 e. The molecule has 3 amide bonds. The number of carbonyl (C=O) groups is 7. The normalized spacial score (nSPS) is 13.6. The predicted molar refractivity (Wildman–Crippen MR) is 246 cm³/mol. The summed E-state index contributed by atoms with van der Waals surface area (Å²) < 4.78 is 0. The number of hydrogen-bond acceptors (Lipinski definition) is 10. The largest absolute Gasteiger partial charge is 0.450 e. The molecule has 14 heteroatoms. The van der Waals surface area contributed by atoms with E-state index in [1.807, 2.05) is 12.1 Å². The molecule has 0 saturated heterocycles. The molecule has 8 N–H and O–H groups in total. The van der Waals surface area contributed by atoms with E-state index in [2.05, 4.69) is 36.5 Å². The maximum absolute atomic E-state index is 14.1. The molecule has 5 atom stereocenters.